The number of piperidine rings is 1. The van der Waals surface area contributed by atoms with Crippen LogP contribution in [0.4, 0.5) is 0 Å². The van der Waals surface area contributed by atoms with E-state index in [9.17, 15) is 4.79 Å². The van der Waals surface area contributed by atoms with Crippen LogP contribution in [0.25, 0.3) is 0 Å². The van der Waals surface area contributed by atoms with Crippen molar-refractivity contribution in [1.82, 2.24) is 15.5 Å². The number of hydrogen-bond donors (Lipinski definition) is 2. The van der Waals surface area contributed by atoms with Crippen molar-refractivity contribution in [3.8, 4) is 0 Å². The zero-order chi connectivity index (χ0) is 11.8. The first-order valence-electron chi connectivity index (χ1n) is 6.32. The van der Waals surface area contributed by atoms with E-state index < -0.39 is 0 Å². The first-order chi connectivity index (χ1) is 7.72. The zero-order valence-corrected chi connectivity index (χ0v) is 10.6. The standard InChI is InChI=1S/C12H25N3O/c1-13-12(16)6-9-15(2)8-5-11-4-3-7-14-10-11/h11,14H,3-10H2,1-2H3,(H,13,16). The van der Waals surface area contributed by atoms with Crippen LogP contribution in [0.1, 0.15) is 25.7 Å². The number of amides is 1. The molecule has 4 nitrogen and oxygen atoms in total. The van der Waals surface area contributed by atoms with Crippen molar-refractivity contribution in [2.45, 2.75) is 25.7 Å². The maximum Gasteiger partial charge on any atom is 0.221 e. The molecule has 0 aromatic heterocycles. The van der Waals surface area contributed by atoms with Crippen molar-refractivity contribution >= 4 is 5.91 Å². The second-order valence-electron chi connectivity index (χ2n) is 4.73. The monoisotopic (exact) mass is 227 g/mol. The van der Waals surface area contributed by atoms with Gasteiger partial charge in [-0.25, -0.2) is 0 Å². The maximum atomic E-state index is 11.1. The van der Waals surface area contributed by atoms with Gasteiger partial charge in [0.15, 0.2) is 0 Å². The first kappa shape index (κ1) is 13.5. The summed E-state index contributed by atoms with van der Waals surface area (Å²) in [4.78, 5) is 13.3. The van der Waals surface area contributed by atoms with Gasteiger partial charge in [-0.05, 0) is 51.9 Å². The smallest absolute Gasteiger partial charge is 0.221 e. The second kappa shape index (κ2) is 7.63. The molecule has 0 spiro atoms. The van der Waals surface area contributed by atoms with Crippen LogP contribution in [-0.4, -0.2) is 51.1 Å². The third kappa shape index (κ3) is 5.47. The number of hydrogen-bond acceptors (Lipinski definition) is 3. The summed E-state index contributed by atoms with van der Waals surface area (Å²) < 4.78 is 0. The zero-order valence-electron chi connectivity index (χ0n) is 10.6. The van der Waals surface area contributed by atoms with Gasteiger partial charge in [-0.3, -0.25) is 4.79 Å². The number of nitrogens with one attached hydrogen (secondary N) is 2. The van der Waals surface area contributed by atoms with Crippen molar-refractivity contribution in [3.05, 3.63) is 0 Å². The fourth-order valence-corrected chi connectivity index (χ4v) is 2.10. The molecule has 1 amide bonds. The minimum absolute atomic E-state index is 0.131. The molecule has 0 aromatic carbocycles. The molecular weight excluding hydrogens is 202 g/mol. The van der Waals surface area contributed by atoms with E-state index in [1.165, 1.54) is 32.4 Å². The normalized spacial score (nSPS) is 21.1. The van der Waals surface area contributed by atoms with Crippen molar-refractivity contribution < 1.29 is 4.79 Å². The molecule has 0 aliphatic carbocycles. The molecule has 1 rings (SSSR count). The lowest BCUT2D eigenvalue weighted by molar-refractivity contribution is -0.120. The fourth-order valence-electron chi connectivity index (χ4n) is 2.10. The van der Waals surface area contributed by atoms with Gasteiger partial charge in [0.05, 0.1) is 0 Å². The van der Waals surface area contributed by atoms with E-state index in [4.69, 9.17) is 0 Å². The molecule has 2 N–H and O–H groups in total. The Hall–Kier alpha value is -0.610. The van der Waals surface area contributed by atoms with E-state index in [0.717, 1.165) is 19.0 Å². The lowest BCUT2D eigenvalue weighted by Crippen LogP contribution is -2.33. The Kier molecular flexibility index (Phi) is 6.42. The van der Waals surface area contributed by atoms with E-state index in [2.05, 4.69) is 22.6 Å². The Morgan fingerprint density at radius 3 is 2.94 bits per heavy atom. The van der Waals surface area contributed by atoms with Crippen LogP contribution >= 0.6 is 0 Å². The molecule has 1 heterocycles. The summed E-state index contributed by atoms with van der Waals surface area (Å²) in [5.41, 5.74) is 0. The van der Waals surface area contributed by atoms with Gasteiger partial charge in [0.1, 0.15) is 0 Å². The van der Waals surface area contributed by atoms with Crippen LogP contribution in [0.15, 0.2) is 0 Å². The fraction of sp³-hybridized carbons (Fsp3) is 0.917. The lowest BCUT2D eigenvalue weighted by Gasteiger charge is -2.25. The molecule has 1 saturated heterocycles. The van der Waals surface area contributed by atoms with E-state index in [1.807, 2.05) is 0 Å². The van der Waals surface area contributed by atoms with Gasteiger partial charge in [-0.15, -0.1) is 0 Å². The summed E-state index contributed by atoms with van der Waals surface area (Å²) in [6.45, 7) is 4.31. The summed E-state index contributed by atoms with van der Waals surface area (Å²) in [5.74, 6) is 0.961. The molecule has 0 aromatic rings. The third-order valence-electron chi connectivity index (χ3n) is 3.32. The van der Waals surface area contributed by atoms with Gasteiger partial charge in [0.2, 0.25) is 5.91 Å². The lowest BCUT2D eigenvalue weighted by atomic mass is 9.96. The highest BCUT2D eigenvalue weighted by molar-refractivity contribution is 5.75. The molecule has 94 valence electrons. The molecular formula is C12H25N3O. The van der Waals surface area contributed by atoms with Crippen LogP contribution in [0.2, 0.25) is 0 Å². The number of carbonyl (C=O) groups excluding carboxylic acids is 1. The predicted octanol–water partition coefficient (Wildman–Crippen LogP) is 0.444. The summed E-state index contributed by atoms with van der Waals surface area (Å²) in [6, 6.07) is 0. The SMILES string of the molecule is CNC(=O)CCN(C)CCC1CCCNC1. The topological polar surface area (TPSA) is 44.4 Å². The van der Waals surface area contributed by atoms with E-state index >= 15 is 0 Å². The van der Waals surface area contributed by atoms with Crippen LogP contribution < -0.4 is 10.6 Å². The Morgan fingerprint density at radius 1 is 1.50 bits per heavy atom. The highest BCUT2D eigenvalue weighted by Gasteiger charge is 2.13. The molecule has 0 bridgehead atoms. The van der Waals surface area contributed by atoms with Crippen LogP contribution in [-0.2, 0) is 4.79 Å². The van der Waals surface area contributed by atoms with Crippen molar-refractivity contribution in [3.63, 3.8) is 0 Å². The van der Waals surface area contributed by atoms with E-state index in [1.54, 1.807) is 7.05 Å². The molecule has 0 saturated carbocycles. The van der Waals surface area contributed by atoms with Gasteiger partial charge >= 0.3 is 0 Å². The number of nitrogens with zero attached hydrogens (tertiary/aromatic N) is 1. The van der Waals surface area contributed by atoms with Crippen LogP contribution in [0, 0.1) is 5.92 Å². The maximum absolute atomic E-state index is 11.1. The van der Waals surface area contributed by atoms with Crippen LogP contribution in [0.5, 0.6) is 0 Å². The van der Waals surface area contributed by atoms with E-state index in [0.29, 0.717) is 6.42 Å². The number of rotatable bonds is 6. The molecule has 16 heavy (non-hydrogen) atoms. The summed E-state index contributed by atoms with van der Waals surface area (Å²) in [6.07, 6.45) is 4.52. The van der Waals surface area contributed by atoms with E-state index in [-0.39, 0.29) is 5.91 Å². The third-order valence-corrected chi connectivity index (χ3v) is 3.32. The van der Waals surface area contributed by atoms with Crippen molar-refractivity contribution in [1.29, 1.82) is 0 Å². The first-order valence-corrected chi connectivity index (χ1v) is 6.32. The Bertz CT molecular complexity index is 202. The molecule has 1 aliphatic heterocycles. The highest BCUT2D eigenvalue weighted by atomic mass is 16.1. The summed E-state index contributed by atoms with van der Waals surface area (Å²) in [5, 5.41) is 6.09. The number of carbonyl (C=O) groups is 1. The minimum Gasteiger partial charge on any atom is -0.359 e. The molecule has 1 atom stereocenters. The van der Waals surface area contributed by atoms with Gasteiger partial charge in [-0.1, -0.05) is 0 Å². The summed E-state index contributed by atoms with van der Waals surface area (Å²) in [7, 11) is 3.79. The minimum atomic E-state index is 0.131. The van der Waals surface area contributed by atoms with Gasteiger partial charge < -0.3 is 15.5 Å². The Balaban J connectivity index is 2.04. The largest absolute Gasteiger partial charge is 0.359 e. The molecule has 1 aliphatic rings. The Morgan fingerprint density at radius 2 is 2.31 bits per heavy atom. The predicted molar refractivity (Wildman–Crippen MR) is 66.4 cm³/mol. The molecule has 1 fully saturated rings. The van der Waals surface area contributed by atoms with Crippen molar-refractivity contribution in [2.75, 3.05) is 40.3 Å². The van der Waals surface area contributed by atoms with Gasteiger partial charge in [-0.2, -0.15) is 0 Å². The average molecular weight is 227 g/mol. The summed E-state index contributed by atoms with van der Waals surface area (Å²) >= 11 is 0. The molecule has 4 heteroatoms. The Labute approximate surface area is 98.8 Å². The molecule has 1 unspecified atom stereocenters. The van der Waals surface area contributed by atoms with Gasteiger partial charge in [0.25, 0.3) is 0 Å². The second-order valence-corrected chi connectivity index (χ2v) is 4.73. The van der Waals surface area contributed by atoms with Crippen LogP contribution in [0.3, 0.4) is 0 Å². The molecule has 0 radical (unpaired) electrons. The highest BCUT2D eigenvalue weighted by Crippen LogP contribution is 2.14. The van der Waals surface area contributed by atoms with Crippen molar-refractivity contribution in [2.24, 2.45) is 5.92 Å². The quantitative estimate of drug-likeness (QED) is 0.692. The van der Waals surface area contributed by atoms with Gasteiger partial charge in [0, 0.05) is 20.0 Å². The average Bonchev–Trinajstić information content (AvgIpc) is 2.34.